The van der Waals surface area contributed by atoms with Gasteiger partial charge in [-0.25, -0.2) is 0 Å². The zero-order valence-corrected chi connectivity index (χ0v) is 13.2. The third-order valence-electron chi connectivity index (χ3n) is 4.99. The van der Waals surface area contributed by atoms with Crippen molar-refractivity contribution in [1.82, 2.24) is 10.2 Å². The quantitative estimate of drug-likeness (QED) is 0.800. The second-order valence-corrected chi connectivity index (χ2v) is 6.77. The fraction of sp³-hybridized carbons (Fsp3) is 0.875. The van der Waals surface area contributed by atoms with Crippen LogP contribution < -0.4 is 5.32 Å². The molecule has 120 valence electrons. The summed E-state index contributed by atoms with van der Waals surface area (Å²) in [5.74, 6) is 0.559. The Kier molecular flexibility index (Phi) is 5.62. The van der Waals surface area contributed by atoms with Crippen LogP contribution in [0.25, 0.3) is 0 Å². The van der Waals surface area contributed by atoms with E-state index in [4.69, 9.17) is 0 Å². The molecule has 5 heteroatoms. The van der Waals surface area contributed by atoms with Gasteiger partial charge >= 0.3 is 0 Å². The normalized spacial score (nSPS) is 30.0. The second-order valence-electron chi connectivity index (χ2n) is 6.77. The minimum absolute atomic E-state index is 0.00577. The molecule has 3 atom stereocenters. The molecule has 2 rings (SSSR count). The highest BCUT2D eigenvalue weighted by Gasteiger charge is 2.35. The van der Waals surface area contributed by atoms with Crippen molar-refractivity contribution in [3.05, 3.63) is 0 Å². The molecule has 21 heavy (non-hydrogen) atoms. The summed E-state index contributed by atoms with van der Waals surface area (Å²) in [7, 11) is 0. The standard InChI is InChI=1S/C16H28N2O3/c1-11(2)18-9-14(7-15(18)20)16(21)17-8-12-5-3-4-6-13(12)10-19/h11-14,19H,3-10H2,1-2H3,(H,17,21). The summed E-state index contributed by atoms with van der Waals surface area (Å²) in [6.07, 6.45) is 4.82. The van der Waals surface area contributed by atoms with Crippen LogP contribution >= 0.6 is 0 Å². The van der Waals surface area contributed by atoms with Crippen LogP contribution in [0.5, 0.6) is 0 Å². The predicted molar refractivity (Wildman–Crippen MR) is 80.5 cm³/mol. The molecule has 2 N–H and O–H groups in total. The number of amides is 2. The fourth-order valence-electron chi connectivity index (χ4n) is 3.58. The zero-order valence-electron chi connectivity index (χ0n) is 13.2. The minimum Gasteiger partial charge on any atom is -0.396 e. The van der Waals surface area contributed by atoms with Gasteiger partial charge in [0, 0.05) is 32.2 Å². The lowest BCUT2D eigenvalue weighted by Gasteiger charge is -2.30. The van der Waals surface area contributed by atoms with Crippen molar-refractivity contribution in [1.29, 1.82) is 0 Å². The number of aliphatic hydroxyl groups excluding tert-OH is 1. The predicted octanol–water partition coefficient (Wildman–Crippen LogP) is 1.16. The Bertz CT molecular complexity index is 384. The summed E-state index contributed by atoms with van der Waals surface area (Å²) >= 11 is 0. The van der Waals surface area contributed by atoms with Crippen LogP contribution in [0, 0.1) is 17.8 Å². The lowest BCUT2D eigenvalue weighted by molar-refractivity contribution is -0.130. The Hall–Kier alpha value is -1.10. The summed E-state index contributed by atoms with van der Waals surface area (Å²) < 4.78 is 0. The Morgan fingerprint density at radius 1 is 1.33 bits per heavy atom. The molecular formula is C16H28N2O3. The van der Waals surface area contributed by atoms with Crippen LogP contribution in [0.1, 0.15) is 46.0 Å². The number of likely N-dealkylation sites (tertiary alicyclic amines) is 1. The first kappa shape index (κ1) is 16.3. The van der Waals surface area contributed by atoms with Gasteiger partial charge in [0.2, 0.25) is 11.8 Å². The number of aliphatic hydroxyl groups is 1. The maximum Gasteiger partial charge on any atom is 0.225 e. The monoisotopic (exact) mass is 296 g/mol. The van der Waals surface area contributed by atoms with Crippen LogP contribution in [-0.4, -0.2) is 47.6 Å². The van der Waals surface area contributed by atoms with E-state index in [1.165, 1.54) is 12.8 Å². The molecule has 1 aliphatic heterocycles. The van der Waals surface area contributed by atoms with Crippen molar-refractivity contribution >= 4 is 11.8 Å². The van der Waals surface area contributed by atoms with E-state index in [1.54, 1.807) is 4.90 Å². The molecule has 0 aromatic carbocycles. The highest BCUT2D eigenvalue weighted by molar-refractivity contribution is 5.89. The van der Waals surface area contributed by atoms with E-state index in [0.717, 1.165) is 12.8 Å². The van der Waals surface area contributed by atoms with E-state index >= 15 is 0 Å². The molecule has 1 saturated carbocycles. The van der Waals surface area contributed by atoms with Gasteiger partial charge in [-0.05, 0) is 38.5 Å². The number of nitrogens with zero attached hydrogens (tertiary/aromatic N) is 1. The highest BCUT2D eigenvalue weighted by Crippen LogP contribution is 2.29. The molecule has 5 nitrogen and oxygen atoms in total. The van der Waals surface area contributed by atoms with E-state index in [0.29, 0.717) is 31.3 Å². The summed E-state index contributed by atoms with van der Waals surface area (Å²) in [5, 5.41) is 12.4. The summed E-state index contributed by atoms with van der Waals surface area (Å²) in [4.78, 5) is 25.9. The van der Waals surface area contributed by atoms with E-state index in [2.05, 4.69) is 5.32 Å². The van der Waals surface area contributed by atoms with Crippen molar-refractivity contribution in [3.8, 4) is 0 Å². The number of nitrogens with one attached hydrogen (secondary N) is 1. The van der Waals surface area contributed by atoms with Gasteiger partial charge in [-0.2, -0.15) is 0 Å². The van der Waals surface area contributed by atoms with Gasteiger partial charge in [-0.1, -0.05) is 12.8 Å². The smallest absolute Gasteiger partial charge is 0.225 e. The summed E-state index contributed by atoms with van der Waals surface area (Å²) in [6.45, 7) is 5.34. The highest BCUT2D eigenvalue weighted by atomic mass is 16.3. The Morgan fingerprint density at radius 3 is 2.57 bits per heavy atom. The number of hydrogen-bond acceptors (Lipinski definition) is 3. The third kappa shape index (κ3) is 3.96. The average Bonchev–Trinajstić information content (AvgIpc) is 2.87. The van der Waals surface area contributed by atoms with Crippen molar-refractivity contribution in [2.45, 2.75) is 52.0 Å². The first-order valence-corrected chi connectivity index (χ1v) is 8.21. The van der Waals surface area contributed by atoms with Gasteiger partial charge in [0.25, 0.3) is 0 Å². The van der Waals surface area contributed by atoms with E-state index in [1.807, 2.05) is 13.8 Å². The Labute approximate surface area is 127 Å². The zero-order chi connectivity index (χ0) is 15.4. The molecule has 1 saturated heterocycles. The van der Waals surface area contributed by atoms with E-state index in [-0.39, 0.29) is 30.4 Å². The van der Waals surface area contributed by atoms with Crippen molar-refractivity contribution in [3.63, 3.8) is 0 Å². The van der Waals surface area contributed by atoms with Crippen molar-refractivity contribution in [2.24, 2.45) is 17.8 Å². The van der Waals surface area contributed by atoms with Gasteiger partial charge in [0.1, 0.15) is 0 Å². The number of rotatable bonds is 5. The maximum absolute atomic E-state index is 12.2. The lowest BCUT2D eigenvalue weighted by Crippen LogP contribution is -2.39. The van der Waals surface area contributed by atoms with Gasteiger partial charge in [0.05, 0.1) is 5.92 Å². The van der Waals surface area contributed by atoms with Crippen molar-refractivity contribution in [2.75, 3.05) is 19.7 Å². The van der Waals surface area contributed by atoms with Crippen LogP contribution in [0.3, 0.4) is 0 Å². The molecule has 1 heterocycles. The molecule has 0 bridgehead atoms. The molecule has 1 aliphatic carbocycles. The lowest BCUT2D eigenvalue weighted by atomic mass is 9.79. The topological polar surface area (TPSA) is 69.6 Å². The molecule has 0 spiro atoms. The van der Waals surface area contributed by atoms with Gasteiger partial charge in [0.15, 0.2) is 0 Å². The van der Waals surface area contributed by atoms with Gasteiger partial charge < -0.3 is 15.3 Å². The number of carbonyl (C=O) groups is 2. The van der Waals surface area contributed by atoms with Crippen LogP contribution in [0.15, 0.2) is 0 Å². The van der Waals surface area contributed by atoms with E-state index < -0.39 is 0 Å². The third-order valence-corrected chi connectivity index (χ3v) is 4.99. The van der Waals surface area contributed by atoms with E-state index in [9.17, 15) is 14.7 Å². The molecule has 2 fully saturated rings. The summed E-state index contributed by atoms with van der Waals surface area (Å²) in [6, 6.07) is 0.160. The van der Waals surface area contributed by atoms with Gasteiger partial charge in [-0.3, -0.25) is 9.59 Å². The molecular weight excluding hydrogens is 268 g/mol. The van der Waals surface area contributed by atoms with Gasteiger partial charge in [-0.15, -0.1) is 0 Å². The Morgan fingerprint density at radius 2 is 2.00 bits per heavy atom. The van der Waals surface area contributed by atoms with Crippen molar-refractivity contribution < 1.29 is 14.7 Å². The Balaban J connectivity index is 1.81. The van der Waals surface area contributed by atoms with Crippen LogP contribution in [-0.2, 0) is 9.59 Å². The SMILES string of the molecule is CC(C)N1CC(C(=O)NCC2CCCCC2CO)CC1=O. The fourth-order valence-corrected chi connectivity index (χ4v) is 3.58. The summed E-state index contributed by atoms with van der Waals surface area (Å²) in [5.41, 5.74) is 0. The molecule has 2 aliphatic rings. The number of carbonyl (C=O) groups excluding carboxylic acids is 2. The molecule has 0 aromatic heterocycles. The molecule has 0 aromatic rings. The average molecular weight is 296 g/mol. The first-order valence-electron chi connectivity index (χ1n) is 8.21. The van der Waals surface area contributed by atoms with Crippen LogP contribution in [0.4, 0.5) is 0 Å². The second kappa shape index (κ2) is 7.25. The number of hydrogen-bond donors (Lipinski definition) is 2. The molecule has 2 amide bonds. The first-order chi connectivity index (χ1) is 10.0. The molecule has 3 unspecified atom stereocenters. The largest absolute Gasteiger partial charge is 0.396 e. The minimum atomic E-state index is -0.212. The molecule has 0 radical (unpaired) electrons. The van der Waals surface area contributed by atoms with Crippen LogP contribution in [0.2, 0.25) is 0 Å². The maximum atomic E-state index is 12.2.